The number of para-hydroxylation sites is 1. The highest BCUT2D eigenvalue weighted by Crippen LogP contribution is 2.43. The molecule has 0 spiro atoms. The number of aromatic hydroxyl groups is 1. The van der Waals surface area contributed by atoms with Gasteiger partial charge in [-0.25, -0.2) is 9.97 Å². The Labute approximate surface area is 188 Å². The van der Waals surface area contributed by atoms with Crippen molar-refractivity contribution in [3.63, 3.8) is 0 Å². The number of rotatable bonds is 7. The molecule has 4 rings (SSSR count). The van der Waals surface area contributed by atoms with Crippen molar-refractivity contribution in [2.24, 2.45) is 10.2 Å². The molecule has 32 heavy (non-hydrogen) atoms. The second-order valence-electron chi connectivity index (χ2n) is 6.63. The van der Waals surface area contributed by atoms with Crippen LogP contribution in [0.2, 0.25) is 0 Å². The van der Waals surface area contributed by atoms with Crippen molar-refractivity contribution in [1.29, 1.82) is 5.26 Å². The molecule has 2 aromatic carbocycles. The molecular formula is C23H19N5O3S. The summed E-state index contributed by atoms with van der Waals surface area (Å²) in [6.45, 7) is 2.68. The first-order valence-electron chi connectivity index (χ1n) is 9.79. The number of phenolic OH excluding ortho intramolecular Hbond substituents is 1. The summed E-state index contributed by atoms with van der Waals surface area (Å²) in [4.78, 5) is 9.33. The summed E-state index contributed by atoms with van der Waals surface area (Å²) in [5.74, 6) is 1.52. The quantitative estimate of drug-likeness (QED) is 0.369. The molecular weight excluding hydrogens is 426 g/mol. The van der Waals surface area contributed by atoms with Gasteiger partial charge in [-0.15, -0.1) is 16.5 Å². The average molecular weight is 446 g/mol. The Hall–Kier alpha value is -4.03. The first kappa shape index (κ1) is 21.2. The first-order valence-corrected chi connectivity index (χ1v) is 10.6. The third-order valence-electron chi connectivity index (χ3n) is 4.66. The van der Waals surface area contributed by atoms with Gasteiger partial charge in [0.05, 0.1) is 30.7 Å². The third kappa shape index (κ3) is 4.08. The van der Waals surface area contributed by atoms with Crippen LogP contribution in [0, 0.1) is 11.3 Å². The van der Waals surface area contributed by atoms with Crippen LogP contribution in [-0.2, 0) is 6.54 Å². The normalized spacial score (nSPS) is 11.0. The highest BCUT2D eigenvalue weighted by atomic mass is 32.1. The minimum atomic E-state index is 0.0409. The topological polar surface area (TPSA) is 113 Å². The fraction of sp³-hybridized carbons (Fsp3) is 0.174. The summed E-state index contributed by atoms with van der Waals surface area (Å²) in [7, 11) is 1.49. The molecule has 0 unspecified atom stereocenters. The maximum absolute atomic E-state index is 9.92. The van der Waals surface area contributed by atoms with E-state index in [2.05, 4.69) is 26.3 Å². The van der Waals surface area contributed by atoms with Crippen molar-refractivity contribution < 1.29 is 14.6 Å². The van der Waals surface area contributed by atoms with E-state index in [1.165, 1.54) is 24.8 Å². The summed E-state index contributed by atoms with van der Waals surface area (Å²) in [5.41, 5.74) is 2.58. The Morgan fingerprint density at radius 1 is 1.16 bits per heavy atom. The van der Waals surface area contributed by atoms with Crippen LogP contribution in [-0.4, -0.2) is 28.8 Å². The summed E-state index contributed by atoms with van der Waals surface area (Å²) in [6, 6.07) is 14.9. The molecule has 0 aliphatic carbocycles. The lowest BCUT2D eigenvalue weighted by Crippen LogP contribution is -1.93. The Kier molecular flexibility index (Phi) is 6.24. The molecule has 160 valence electrons. The molecule has 4 aromatic rings. The van der Waals surface area contributed by atoms with Gasteiger partial charge in [0.2, 0.25) is 0 Å². The number of ether oxygens (including phenoxy) is 2. The van der Waals surface area contributed by atoms with E-state index in [9.17, 15) is 10.4 Å². The highest BCUT2D eigenvalue weighted by Gasteiger charge is 2.20. The Bertz CT molecular complexity index is 1340. The highest BCUT2D eigenvalue weighted by molar-refractivity contribution is 7.23. The minimum absolute atomic E-state index is 0.0409. The van der Waals surface area contributed by atoms with Crippen molar-refractivity contribution in [3.05, 3.63) is 59.9 Å². The maximum atomic E-state index is 9.92. The van der Waals surface area contributed by atoms with Gasteiger partial charge in [-0.05, 0) is 36.8 Å². The molecule has 0 amide bonds. The third-order valence-corrected chi connectivity index (χ3v) is 5.87. The fourth-order valence-electron chi connectivity index (χ4n) is 3.22. The first-order chi connectivity index (χ1) is 15.7. The molecule has 0 saturated carbocycles. The van der Waals surface area contributed by atoms with Gasteiger partial charge in [0.1, 0.15) is 28.4 Å². The van der Waals surface area contributed by atoms with Gasteiger partial charge in [-0.2, -0.15) is 10.4 Å². The van der Waals surface area contributed by atoms with Gasteiger partial charge >= 0.3 is 0 Å². The summed E-state index contributed by atoms with van der Waals surface area (Å²) < 4.78 is 11.5. The SMILES string of the molecule is CCOc1ccccc1-c1sc2c(N=NCc3ccc(OC)c(O)c3)ncnc2c1C#N. The summed E-state index contributed by atoms with van der Waals surface area (Å²) in [5, 5.41) is 28.3. The zero-order valence-corrected chi connectivity index (χ0v) is 18.3. The summed E-state index contributed by atoms with van der Waals surface area (Å²) in [6.07, 6.45) is 1.38. The van der Waals surface area contributed by atoms with Crippen molar-refractivity contribution in [2.45, 2.75) is 13.5 Å². The number of benzene rings is 2. The number of nitrogens with zero attached hydrogens (tertiary/aromatic N) is 5. The van der Waals surface area contributed by atoms with E-state index in [1.807, 2.05) is 31.2 Å². The van der Waals surface area contributed by atoms with Crippen molar-refractivity contribution in [1.82, 2.24) is 9.97 Å². The lowest BCUT2D eigenvalue weighted by molar-refractivity contribution is 0.341. The van der Waals surface area contributed by atoms with Gasteiger partial charge in [-0.3, -0.25) is 0 Å². The van der Waals surface area contributed by atoms with Crippen LogP contribution in [0.15, 0.2) is 59.0 Å². The molecule has 2 heterocycles. The number of fused-ring (bicyclic) bond motifs is 1. The van der Waals surface area contributed by atoms with E-state index < -0.39 is 0 Å². The van der Waals surface area contributed by atoms with E-state index in [4.69, 9.17) is 9.47 Å². The number of thiophene rings is 1. The van der Waals surface area contributed by atoms with Gasteiger partial charge in [-0.1, -0.05) is 18.2 Å². The number of hydrogen-bond acceptors (Lipinski definition) is 9. The standard InChI is InChI=1S/C23H19N5O3S/c1-3-31-18-7-5-4-6-15(18)21-16(11-24)20-22(32-21)23(26-13-25-20)28-27-12-14-8-9-19(30-2)17(29)10-14/h4-10,13,29H,3,12H2,1-2H3. The predicted octanol–water partition coefficient (Wildman–Crippen LogP) is 5.63. The molecule has 0 bridgehead atoms. The lowest BCUT2D eigenvalue weighted by Gasteiger charge is -2.08. The molecule has 0 radical (unpaired) electrons. The van der Waals surface area contributed by atoms with Crippen LogP contribution >= 0.6 is 11.3 Å². The Balaban J connectivity index is 1.71. The van der Waals surface area contributed by atoms with Crippen molar-refractivity contribution >= 4 is 27.4 Å². The molecule has 0 atom stereocenters. The maximum Gasteiger partial charge on any atom is 0.195 e. The molecule has 1 N–H and O–H groups in total. The van der Waals surface area contributed by atoms with Gasteiger partial charge in [0.25, 0.3) is 0 Å². The van der Waals surface area contributed by atoms with E-state index in [1.54, 1.807) is 18.2 Å². The largest absolute Gasteiger partial charge is 0.504 e. The van der Waals surface area contributed by atoms with Gasteiger partial charge in [0.15, 0.2) is 17.3 Å². The average Bonchev–Trinajstić information content (AvgIpc) is 3.19. The van der Waals surface area contributed by atoms with Crippen molar-refractivity contribution in [3.8, 4) is 33.8 Å². The monoisotopic (exact) mass is 445 g/mol. The van der Waals surface area contributed by atoms with Crippen LogP contribution in [0.3, 0.4) is 0 Å². The fourth-order valence-corrected chi connectivity index (χ4v) is 4.38. The molecule has 0 saturated heterocycles. The second kappa shape index (κ2) is 9.41. The number of hydrogen-bond donors (Lipinski definition) is 1. The van der Waals surface area contributed by atoms with E-state index in [0.717, 1.165) is 16.0 Å². The van der Waals surface area contributed by atoms with Gasteiger partial charge < -0.3 is 14.6 Å². The predicted molar refractivity (Wildman–Crippen MR) is 122 cm³/mol. The molecule has 2 aromatic heterocycles. The number of methoxy groups -OCH3 is 1. The number of phenols is 1. The number of nitriles is 1. The van der Waals surface area contributed by atoms with Crippen LogP contribution in [0.5, 0.6) is 17.2 Å². The second-order valence-corrected chi connectivity index (χ2v) is 7.65. The molecule has 0 fully saturated rings. The number of aromatic nitrogens is 2. The smallest absolute Gasteiger partial charge is 0.195 e. The Morgan fingerprint density at radius 2 is 2.00 bits per heavy atom. The summed E-state index contributed by atoms with van der Waals surface area (Å²) >= 11 is 1.38. The zero-order valence-electron chi connectivity index (χ0n) is 17.4. The minimum Gasteiger partial charge on any atom is -0.504 e. The van der Waals surface area contributed by atoms with Crippen LogP contribution in [0.25, 0.3) is 20.7 Å². The lowest BCUT2D eigenvalue weighted by atomic mass is 10.1. The van der Waals surface area contributed by atoms with E-state index in [-0.39, 0.29) is 12.3 Å². The molecule has 0 aliphatic rings. The Morgan fingerprint density at radius 3 is 2.75 bits per heavy atom. The molecule has 9 heteroatoms. The van der Waals surface area contributed by atoms with Crippen LogP contribution in [0.4, 0.5) is 5.82 Å². The van der Waals surface area contributed by atoms with Crippen LogP contribution < -0.4 is 9.47 Å². The number of azo groups is 1. The van der Waals surface area contributed by atoms with Crippen molar-refractivity contribution in [2.75, 3.05) is 13.7 Å². The van der Waals surface area contributed by atoms with E-state index in [0.29, 0.717) is 39.7 Å². The van der Waals surface area contributed by atoms with Crippen LogP contribution in [0.1, 0.15) is 18.1 Å². The van der Waals surface area contributed by atoms with Gasteiger partial charge in [0, 0.05) is 5.56 Å². The molecule has 8 nitrogen and oxygen atoms in total. The molecule has 0 aliphatic heterocycles. The van der Waals surface area contributed by atoms with E-state index >= 15 is 0 Å². The zero-order chi connectivity index (χ0) is 22.5.